The first-order valence-corrected chi connectivity index (χ1v) is 9.73. The first-order chi connectivity index (χ1) is 14.3. The second-order valence-corrected chi connectivity index (χ2v) is 7.13. The zero-order chi connectivity index (χ0) is 21.8. The molecule has 1 amide bonds. The standard InChI is InChI=1S/C21H18N2O6S/c1-13(24)22-16-6-2-4-14(10-16)15-5-3-7-17(11-15)23(30(28)29)18-8-9-19(21(26)27)20(25)12-18/h2-12,25H,1H3,(H,22,24)(H,26,27)(H,28,29)/p-1. The fourth-order valence-corrected chi connectivity index (χ4v) is 3.51. The van der Waals surface area contributed by atoms with E-state index in [2.05, 4.69) is 5.32 Å². The van der Waals surface area contributed by atoms with Crippen molar-refractivity contribution in [1.29, 1.82) is 0 Å². The summed E-state index contributed by atoms with van der Waals surface area (Å²) < 4.78 is 24.8. The molecule has 0 aliphatic carbocycles. The molecule has 0 bridgehead atoms. The van der Waals surface area contributed by atoms with E-state index in [4.69, 9.17) is 5.11 Å². The Bertz CT molecular complexity index is 1150. The molecule has 30 heavy (non-hydrogen) atoms. The fraction of sp³-hybridized carbons (Fsp3) is 0.0476. The van der Waals surface area contributed by atoms with Gasteiger partial charge in [-0.05, 0) is 47.5 Å². The van der Waals surface area contributed by atoms with Crippen molar-refractivity contribution >= 4 is 40.2 Å². The van der Waals surface area contributed by atoms with Crippen LogP contribution in [0, 0.1) is 0 Å². The number of rotatable bonds is 6. The van der Waals surface area contributed by atoms with E-state index in [1.54, 1.807) is 42.5 Å². The van der Waals surface area contributed by atoms with Crippen LogP contribution >= 0.6 is 0 Å². The maximum absolute atomic E-state index is 11.9. The highest BCUT2D eigenvalue weighted by molar-refractivity contribution is 7.81. The Balaban J connectivity index is 2.02. The number of carboxylic acids is 1. The van der Waals surface area contributed by atoms with Gasteiger partial charge in [0.15, 0.2) is 0 Å². The number of aromatic hydroxyl groups is 1. The van der Waals surface area contributed by atoms with Gasteiger partial charge in [-0.2, -0.15) is 0 Å². The molecule has 3 aromatic carbocycles. The smallest absolute Gasteiger partial charge is 0.339 e. The van der Waals surface area contributed by atoms with Gasteiger partial charge >= 0.3 is 5.97 Å². The van der Waals surface area contributed by atoms with Crippen LogP contribution in [-0.2, 0) is 16.1 Å². The van der Waals surface area contributed by atoms with Crippen molar-refractivity contribution in [3.05, 3.63) is 72.3 Å². The fourth-order valence-electron chi connectivity index (χ4n) is 2.94. The zero-order valence-electron chi connectivity index (χ0n) is 15.7. The lowest BCUT2D eigenvalue weighted by Gasteiger charge is -2.27. The van der Waals surface area contributed by atoms with Crippen molar-refractivity contribution < 1.29 is 28.6 Å². The molecule has 9 heteroatoms. The molecule has 3 rings (SSSR count). The SMILES string of the molecule is CC(=O)Nc1cccc(-c2cccc(N(c3ccc(C(=O)O)c(O)c3)S(=O)[O-])c2)c1. The number of nitrogens with zero attached hydrogens (tertiary/aromatic N) is 1. The number of amides is 1. The number of carboxylic acid groups (broad SMARTS) is 1. The molecule has 0 saturated carbocycles. The highest BCUT2D eigenvalue weighted by atomic mass is 32.2. The van der Waals surface area contributed by atoms with E-state index in [1.807, 2.05) is 6.07 Å². The lowest BCUT2D eigenvalue weighted by molar-refractivity contribution is -0.114. The van der Waals surface area contributed by atoms with Crippen LogP contribution in [0.15, 0.2) is 66.7 Å². The molecule has 0 radical (unpaired) electrons. The Hall–Kier alpha value is -3.69. The van der Waals surface area contributed by atoms with Gasteiger partial charge in [0.2, 0.25) is 5.91 Å². The van der Waals surface area contributed by atoms with Crippen LogP contribution in [-0.4, -0.2) is 30.9 Å². The minimum atomic E-state index is -2.74. The van der Waals surface area contributed by atoms with E-state index in [0.29, 0.717) is 11.3 Å². The van der Waals surface area contributed by atoms with Gasteiger partial charge in [-0.25, -0.2) is 4.79 Å². The highest BCUT2D eigenvalue weighted by Gasteiger charge is 2.16. The second kappa shape index (κ2) is 8.76. The molecule has 8 nitrogen and oxygen atoms in total. The Kier molecular flexibility index (Phi) is 6.14. The summed E-state index contributed by atoms with van der Waals surface area (Å²) in [7, 11) is 0. The minimum Gasteiger partial charge on any atom is -0.755 e. The maximum atomic E-state index is 11.9. The van der Waals surface area contributed by atoms with Crippen LogP contribution in [0.3, 0.4) is 0 Å². The average molecular weight is 425 g/mol. The first kappa shape index (κ1) is 21.0. The lowest BCUT2D eigenvalue weighted by atomic mass is 10.0. The number of carbonyl (C=O) groups excluding carboxylic acids is 1. The molecule has 1 atom stereocenters. The number of carbonyl (C=O) groups is 2. The summed E-state index contributed by atoms with van der Waals surface area (Å²) in [4.78, 5) is 22.4. The molecule has 3 aromatic rings. The summed E-state index contributed by atoms with van der Waals surface area (Å²) >= 11 is -2.74. The van der Waals surface area contributed by atoms with Gasteiger partial charge in [-0.3, -0.25) is 13.3 Å². The highest BCUT2D eigenvalue weighted by Crippen LogP contribution is 2.34. The normalized spacial score (nSPS) is 11.5. The predicted molar refractivity (Wildman–Crippen MR) is 112 cm³/mol. The van der Waals surface area contributed by atoms with Crippen molar-refractivity contribution in [1.82, 2.24) is 0 Å². The van der Waals surface area contributed by atoms with Crippen LogP contribution in [0.4, 0.5) is 17.1 Å². The van der Waals surface area contributed by atoms with E-state index in [0.717, 1.165) is 22.0 Å². The van der Waals surface area contributed by atoms with Gasteiger partial charge in [0.05, 0.1) is 22.6 Å². The number of nitrogens with one attached hydrogen (secondary N) is 1. The van der Waals surface area contributed by atoms with Crippen LogP contribution in [0.2, 0.25) is 0 Å². The molecule has 1 unspecified atom stereocenters. The summed E-state index contributed by atoms with van der Waals surface area (Å²) in [6.45, 7) is 1.40. The van der Waals surface area contributed by atoms with Crippen LogP contribution in [0.1, 0.15) is 17.3 Å². The van der Waals surface area contributed by atoms with Gasteiger partial charge < -0.3 is 20.1 Å². The minimum absolute atomic E-state index is 0.0787. The van der Waals surface area contributed by atoms with Crippen LogP contribution in [0.25, 0.3) is 11.1 Å². The monoisotopic (exact) mass is 425 g/mol. The molecule has 0 aromatic heterocycles. The summed E-state index contributed by atoms with van der Waals surface area (Å²) in [6.07, 6.45) is 0. The van der Waals surface area contributed by atoms with Crippen molar-refractivity contribution in [3.63, 3.8) is 0 Å². The topological polar surface area (TPSA) is 130 Å². The molecule has 3 N–H and O–H groups in total. The number of hydrogen-bond donors (Lipinski definition) is 3. The summed E-state index contributed by atoms with van der Waals surface area (Å²) in [5, 5.41) is 21.7. The van der Waals surface area contributed by atoms with E-state index in [-0.39, 0.29) is 22.8 Å². The van der Waals surface area contributed by atoms with E-state index >= 15 is 0 Å². The van der Waals surface area contributed by atoms with Gasteiger partial charge in [0.25, 0.3) is 0 Å². The quantitative estimate of drug-likeness (QED) is 0.517. The number of phenols is 1. The van der Waals surface area contributed by atoms with Crippen molar-refractivity contribution in [2.45, 2.75) is 6.92 Å². The zero-order valence-corrected chi connectivity index (χ0v) is 16.6. The Labute approximate surface area is 174 Å². The number of hydrogen-bond acceptors (Lipinski definition) is 5. The Morgan fingerprint density at radius 1 is 0.967 bits per heavy atom. The molecule has 0 saturated heterocycles. The first-order valence-electron chi connectivity index (χ1n) is 8.70. The number of aromatic carboxylic acids is 1. The van der Waals surface area contributed by atoms with Gasteiger partial charge in [0, 0.05) is 18.7 Å². The molecule has 0 aliphatic rings. The average Bonchev–Trinajstić information content (AvgIpc) is 2.67. The predicted octanol–water partition coefficient (Wildman–Crippen LogP) is 3.65. The van der Waals surface area contributed by atoms with E-state index in [9.17, 15) is 23.5 Å². The molecular formula is C21H17N2O6S-. The Morgan fingerprint density at radius 2 is 1.60 bits per heavy atom. The lowest BCUT2D eigenvalue weighted by Crippen LogP contribution is -2.19. The molecule has 154 valence electrons. The maximum Gasteiger partial charge on any atom is 0.339 e. The largest absolute Gasteiger partial charge is 0.755 e. The van der Waals surface area contributed by atoms with E-state index in [1.165, 1.54) is 13.0 Å². The van der Waals surface area contributed by atoms with Crippen LogP contribution in [0.5, 0.6) is 5.75 Å². The number of benzene rings is 3. The van der Waals surface area contributed by atoms with E-state index < -0.39 is 23.0 Å². The molecule has 0 aliphatic heterocycles. The summed E-state index contributed by atoms with van der Waals surface area (Å²) in [6, 6.07) is 17.2. The van der Waals surface area contributed by atoms with Gasteiger partial charge in [0.1, 0.15) is 11.3 Å². The van der Waals surface area contributed by atoms with Crippen molar-refractivity contribution in [3.8, 4) is 16.9 Å². The summed E-state index contributed by atoms with van der Waals surface area (Å²) in [5.74, 6) is -2.08. The number of anilines is 3. The third-order valence-electron chi connectivity index (χ3n) is 4.19. The third kappa shape index (κ3) is 4.65. The van der Waals surface area contributed by atoms with Gasteiger partial charge in [-0.1, -0.05) is 24.3 Å². The Morgan fingerprint density at radius 3 is 2.20 bits per heavy atom. The molecular weight excluding hydrogens is 408 g/mol. The van der Waals surface area contributed by atoms with Crippen molar-refractivity contribution in [2.24, 2.45) is 0 Å². The van der Waals surface area contributed by atoms with Gasteiger partial charge in [-0.15, -0.1) is 0 Å². The molecule has 0 heterocycles. The molecule has 0 fully saturated rings. The molecule has 0 spiro atoms. The summed E-state index contributed by atoms with van der Waals surface area (Å²) in [5.41, 5.74) is 2.08. The second-order valence-electron chi connectivity index (χ2n) is 6.33. The third-order valence-corrected chi connectivity index (χ3v) is 4.91. The van der Waals surface area contributed by atoms with Crippen LogP contribution < -0.4 is 9.62 Å². The van der Waals surface area contributed by atoms with Crippen molar-refractivity contribution in [2.75, 3.05) is 9.62 Å².